The van der Waals surface area contributed by atoms with Gasteiger partial charge in [-0.2, -0.15) is 0 Å². The van der Waals surface area contributed by atoms with Gasteiger partial charge in [0.1, 0.15) is 5.82 Å². The fourth-order valence-corrected chi connectivity index (χ4v) is 2.71. The van der Waals surface area contributed by atoms with Gasteiger partial charge in [0.15, 0.2) is 0 Å². The Morgan fingerprint density at radius 1 is 0.808 bits per heavy atom. The SMILES string of the molecule is O=C(CNCc1ccc(F)cc1)N(Cc1ccccc1)c1ccccc1. The molecule has 4 heteroatoms. The minimum atomic E-state index is -0.261. The van der Waals surface area contributed by atoms with Crippen LogP contribution in [0.1, 0.15) is 11.1 Å². The number of carbonyl (C=O) groups is 1. The van der Waals surface area contributed by atoms with E-state index in [0.717, 1.165) is 16.8 Å². The van der Waals surface area contributed by atoms with Gasteiger partial charge in [0, 0.05) is 12.2 Å². The van der Waals surface area contributed by atoms with E-state index in [4.69, 9.17) is 0 Å². The molecule has 3 nitrogen and oxygen atoms in total. The first kappa shape index (κ1) is 17.8. The highest BCUT2D eigenvalue weighted by Crippen LogP contribution is 2.17. The van der Waals surface area contributed by atoms with E-state index in [9.17, 15) is 9.18 Å². The molecule has 3 aromatic carbocycles. The van der Waals surface area contributed by atoms with Crippen molar-refractivity contribution in [3.63, 3.8) is 0 Å². The highest BCUT2D eigenvalue weighted by Gasteiger charge is 2.15. The lowest BCUT2D eigenvalue weighted by atomic mass is 10.2. The zero-order chi connectivity index (χ0) is 18.2. The number of hydrogen-bond acceptors (Lipinski definition) is 2. The normalized spacial score (nSPS) is 10.5. The molecule has 0 aromatic heterocycles. The van der Waals surface area contributed by atoms with Crippen molar-refractivity contribution in [3.05, 3.63) is 102 Å². The summed E-state index contributed by atoms with van der Waals surface area (Å²) in [5.74, 6) is -0.273. The number of benzene rings is 3. The van der Waals surface area contributed by atoms with Crippen molar-refractivity contribution in [2.24, 2.45) is 0 Å². The van der Waals surface area contributed by atoms with Gasteiger partial charge in [-0.05, 0) is 35.4 Å². The second kappa shape index (κ2) is 8.92. The smallest absolute Gasteiger partial charge is 0.241 e. The lowest BCUT2D eigenvalue weighted by Gasteiger charge is -2.23. The Bertz CT molecular complexity index is 820. The van der Waals surface area contributed by atoms with Crippen molar-refractivity contribution in [2.75, 3.05) is 11.4 Å². The van der Waals surface area contributed by atoms with Crippen LogP contribution < -0.4 is 10.2 Å². The average Bonchev–Trinajstić information content (AvgIpc) is 2.69. The fourth-order valence-electron chi connectivity index (χ4n) is 2.71. The van der Waals surface area contributed by atoms with Gasteiger partial charge in [-0.3, -0.25) is 4.79 Å². The molecule has 0 saturated heterocycles. The van der Waals surface area contributed by atoms with E-state index in [1.807, 2.05) is 60.7 Å². The molecule has 0 aliphatic carbocycles. The van der Waals surface area contributed by atoms with Crippen LogP contribution in [0.4, 0.5) is 10.1 Å². The van der Waals surface area contributed by atoms with Gasteiger partial charge >= 0.3 is 0 Å². The van der Waals surface area contributed by atoms with Crippen LogP contribution in [0.2, 0.25) is 0 Å². The van der Waals surface area contributed by atoms with Crippen LogP contribution in [0.3, 0.4) is 0 Å². The Balaban J connectivity index is 1.65. The molecule has 3 aromatic rings. The summed E-state index contributed by atoms with van der Waals surface area (Å²) in [6, 6.07) is 25.8. The first-order valence-corrected chi connectivity index (χ1v) is 8.57. The maximum Gasteiger partial charge on any atom is 0.241 e. The molecule has 0 spiro atoms. The van der Waals surface area contributed by atoms with Crippen LogP contribution in [-0.2, 0) is 17.9 Å². The number of para-hydroxylation sites is 1. The lowest BCUT2D eigenvalue weighted by molar-refractivity contribution is -0.118. The Hall–Kier alpha value is -2.98. The van der Waals surface area contributed by atoms with Crippen LogP contribution in [-0.4, -0.2) is 12.5 Å². The summed E-state index contributed by atoms with van der Waals surface area (Å²) in [5, 5.41) is 3.14. The molecule has 0 unspecified atom stereocenters. The minimum absolute atomic E-state index is 0.0119. The number of halogens is 1. The van der Waals surface area contributed by atoms with E-state index in [0.29, 0.717) is 13.1 Å². The molecule has 3 rings (SSSR count). The standard InChI is InChI=1S/C22H21FN2O/c23-20-13-11-18(12-14-20)15-24-16-22(26)25(21-9-5-2-6-10-21)17-19-7-3-1-4-8-19/h1-14,24H,15-17H2. The van der Waals surface area contributed by atoms with Crippen molar-refractivity contribution in [1.82, 2.24) is 5.32 Å². The molecule has 0 aliphatic rings. The number of nitrogens with zero attached hydrogens (tertiary/aromatic N) is 1. The maximum absolute atomic E-state index is 13.0. The van der Waals surface area contributed by atoms with Crippen LogP contribution in [0.15, 0.2) is 84.9 Å². The Morgan fingerprint density at radius 3 is 2.08 bits per heavy atom. The topological polar surface area (TPSA) is 32.3 Å². The van der Waals surface area contributed by atoms with Gasteiger partial charge in [-0.15, -0.1) is 0 Å². The van der Waals surface area contributed by atoms with Gasteiger partial charge in [-0.1, -0.05) is 60.7 Å². The summed E-state index contributed by atoms with van der Waals surface area (Å²) in [5.41, 5.74) is 2.88. The molecule has 0 bridgehead atoms. The van der Waals surface area contributed by atoms with Gasteiger partial charge in [0.25, 0.3) is 0 Å². The summed E-state index contributed by atoms with van der Waals surface area (Å²) in [7, 11) is 0. The fraction of sp³-hybridized carbons (Fsp3) is 0.136. The van der Waals surface area contributed by atoms with Crippen molar-refractivity contribution < 1.29 is 9.18 Å². The second-order valence-electron chi connectivity index (χ2n) is 6.03. The molecule has 1 amide bonds. The first-order valence-electron chi connectivity index (χ1n) is 8.57. The molecule has 26 heavy (non-hydrogen) atoms. The van der Waals surface area contributed by atoms with Gasteiger partial charge in [0.2, 0.25) is 5.91 Å². The number of rotatable bonds is 7. The van der Waals surface area contributed by atoms with E-state index in [1.165, 1.54) is 12.1 Å². The van der Waals surface area contributed by atoms with E-state index in [2.05, 4.69) is 5.32 Å². The van der Waals surface area contributed by atoms with Crippen molar-refractivity contribution in [3.8, 4) is 0 Å². The Labute approximate surface area is 153 Å². The summed E-state index contributed by atoms with van der Waals surface area (Å²) in [4.78, 5) is 14.6. The molecule has 0 saturated carbocycles. The molecule has 0 fully saturated rings. The number of hydrogen-bond donors (Lipinski definition) is 1. The van der Waals surface area contributed by atoms with Crippen molar-refractivity contribution in [2.45, 2.75) is 13.1 Å². The number of carbonyl (C=O) groups excluding carboxylic acids is 1. The zero-order valence-electron chi connectivity index (χ0n) is 14.4. The molecule has 0 aliphatic heterocycles. The van der Waals surface area contributed by atoms with Gasteiger partial charge < -0.3 is 10.2 Å². The Morgan fingerprint density at radius 2 is 1.42 bits per heavy atom. The highest BCUT2D eigenvalue weighted by molar-refractivity contribution is 5.94. The third-order valence-corrected chi connectivity index (χ3v) is 4.07. The molecular weight excluding hydrogens is 327 g/mol. The minimum Gasteiger partial charge on any atom is -0.307 e. The number of anilines is 1. The molecule has 0 heterocycles. The lowest BCUT2D eigenvalue weighted by Crippen LogP contribution is -2.37. The third kappa shape index (κ3) is 5.01. The second-order valence-corrected chi connectivity index (χ2v) is 6.03. The van der Waals surface area contributed by atoms with Crippen molar-refractivity contribution in [1.29, 1.82) is 0 Å². The average molecular weight is 348 g/mol. The quantitative estimate of drug-likeness (QED) is 0.696. The predicted octanol–water partition coefficient (Wildman–Crippen LogP) is 4.15. The Kier molecular flexibility index (Phi) is 6.12. The van der Waals surface area contributed by atoms with Crippen molar-refractivity contribution >= 4 is 11.6 Å². The molecule has 0 atom stereocenters. The van der Waals surface area contributed by atoms with E-state index in [1.54, 1.807) is 17.0 Å². The largest absolute Gasteiger partial charge is 0.307 e. The molecule has 1 N–H and O–H groups in total. The first-order chi connectivity index (χ1) is 12.7. The summed E-state index contributed by atoms with van der Waals surface area (Å²) < 4.78 is 13.0. The van der Waals surface area contributed by atoms with Crippen LogP contribution >= 0.6 is 0 Å². The van der Waals surface area contributed by atoms with E-state index >= 15 is 0 Å². The maximum atomic E-state index is 13.0. The summed E-state index contributed by atoms with van der Waals surface area (Å²) >= 11 is 0. The molecular formula is C22H21FN2O. The molecule has 0 radical (unpaired) electrons. The zero-order valence-corrected chi connectivity index (χ0v) is 14.4. The van der Waals surface area contributed by atoms with E-state index < -0.39 is 0 Å². The summed E-state index contributed by atoms with van der Waals surface area (Å²) in [6.07, 6.45) is 0. The third-order valence-electron chi connectivity index (χ3n) is 4.07. The van der Waals surface area contributed by atoms with Crippen LogP contribution in [0, 0.1) is 5.82 Å². The van der Waals surface area contributed by atoms with Gasteiger partial charge in [-0.25, -0.2) is 4.39 Å². The van der Waals surface area contributed by atoms with E-state index in [-0.39, 0.29) is 18.3 Å². The molecule has 132 valence electrons. The monoisotopic (exact) mass is 348 g/mol. The van der Waals surface area contributed by atoms with Crippen LogP contribution in [0.5, 0.6) is 0 Å². The highest BCUT2D eigenvalue weighted by atomic mass is 19.1. The summed E-state index contributed by atoms with van der Waals surface area (Å²) in [6.45, 7) is 1.24. The number of nitrogens with one attached hydrogen (secondary N) is 1. The van der Waals surface area contributed by atoms with Crippen LogP contribution in [0.25, 0.3) is 0 Å². The number of amides is 1. The predicted molar refractivity (Wildman–Crippen MR) is 102 cm³/mol. The van der Waals surface area contributed by atoms with Gasteiger partial charge in [0.05, 0.1) is 13.1 Å².